The van der Waals surface area contributed by atoms with Gasteiger partial charge in [0.15, 0.2) is 5.65 Å². The third-order valence-electron chi connectivity index (χ3n) is 5.29. The molecule has 1 fully saturated rings. The molecule has 1 aliphatic rings. The third-order valence-corrected chi connectivity index (χ3v) is 6.69. The van der Waals surface area contributed by atoms with Crippen LogP contribution in [0.4, 0.5) is 0 Å². The second-order valence-electron chi connectivity index (χ2n) is 9.01. The lowest BCUT2D eigenvalue weighted by molar-refractivity contribution is 0.245. The summed E-state index contributed by atoms with van der Waals surface area (Å²) in [5.74, 6) is 0.198. The van der Waals surface area contributed by atoms with Crippen molar-refractivity contribution in [3.05, 3.63) is 28.3 Å². The monoisotopic (exact) mass is 394 g/mol. The van der Waals surface area contributed by atoms with Gasteiger partial charge in [0.1, 0.15) is 0 Å². The Morgan fingerprint density at radius 1 is 1.26 bits per heavy atom. The molecule has 150 valence electrons. The lowest BCUT2D eigenvalue weighted by atomic mass is 9.90. The van der Waals surface area contributed by atoms with Gasteiger partial charge in [-0.15, -0.1) is 0 Å². The number of piperidine rings is 1. The summed E-state index contributed by atoms with van der Waals surface area (Å²) < 4.78 is 28.7. The maximum Gasteiger partial charge on any atom is 0.330 e. The third kappa shape index (κ3) is 3.96. The van der Waals surface area contributed by atoms with Crippen molar-refractivity contribution in [2.45, 2.75) is 59.0 Å². The van der Waals surface area contributed by atoms with E-state index in [-0.39, 0.29) is 23.1 Å². The molecule has 0 radical (unpaired) electrons. The minimum atomic E-state index is -3.18. The summed E-state index contributed by atoms with van der Waals surface area (Å²) in [6, 6.07) is 3.93. The first-order valence-electron chi connectivity index (χ1n) is 9.41. The van der Waals surface area contributed by atoms with Gasteiger partial charge >= 0.3 is 5.69 Å². The van der Waals surface area contributed by atoms with E-state index in [1.54, 1.807) is 20.5 Å². The molecule has 3 rings (SSSR count). The molecule has 0 N–H and O–H groups in total. The molecule has 7 nitrogen and oxygen atoms in total. The fourth-order valence-electron chi connectivity index (χ4n) is 4.05. The van der Waals surface area contributed by atoms with Gasteiger partial charge in [-0.1, -0.05) is 20.8 Å². The van der Waals surface area contributed by atoms with E-state index in [9.17, 15) is 13.2 Å². The average Bonchev–Trinajstić information content (AvgIpc) is 2.77. The summed E-state index contributed by atoms with van der Waals surface area (Å²) in [7, 11) is -1.42. The Bertz CT molecular complexity index is 1010. The largest absolute Gasteiger partial charge is 0.330 e. The van der Waals surface area contributed by atoms with E-state index in [0.717, 1.165) is 24.1 Å². The highest BCUT2D eigenvalue weighted by Gasteiger charge is 2.32. The first-order chi connectivity index (χ1) is 12.4. The molecule has 8 heteroatoms. The number of sulfonamides is 1. The van der Waals surface area contributed by atoms with E-state index >= 15 is 0 Å². The Morgan fingerprint density at radius 3 is 2.48 bits per heavy atom. The molecule has 0 spiro atoms. The lowest BCUT2D eigenvalue weighted by Crippen LogP contribution is -2.43. The van der Waals surface area contributed by atoms with Crippen molar-refractivity contribution in [3.8, 4) is 0 Å². The number of hydrogen-bond donors (Lipinski definition) is 0. The summed E-state index contributed by atoms with van der Waals surface area (Å²) in [5.41, 5.74) is 2.42. The van der Waals surface area contributed by atoms with Gasteiger partial charge in [-0.05, 0) is 37.3 Å². The maximum absolute atomic E-state index is 12.7. The highest BCUT2D eigenvalue weighted by atomic mass is 32.2. The van der Waals surface area contributed by atoms with Crippen LogP contribution in [0, 0.1) is 5.41 Å². The number of imidazole rings is 1. The van der Waals surface area contributed by atoms with Crippen LogP contribution in [-0.2, 0) is 23.6 Å². The van der Waals surface area contributed by atoms with Crippen LogP contribution in [0.5, 0.6) is 0 Å². The standard InChI is InChI=1S/C19H30N4O3S/c1-13-11-14(9-10-23(13)27(6,25)26)15-7-8-16-17(20-15)21(5)18(24)22(16)12-19(2,3)4/h7-8,13-14H,9-12H2,1-6H3. The molecule has 0 aromatic carbocycles. The summed E-state index contributed by atoms with van der Waals surface area (Å²) in [4.78, 5) is 17.5. The summed E-state index contributed by atoms with van der Waals surface area (Å²) in [6.07, 6.45) is 2.75. The molecule has 1 saturated heterocycles. The van der Waals surface area contributed by atoms with Crippen LogP contribution < -0.4 is 5.69 Å². The predicted octanol–water partition coefficient (Wildman–Crippen LogP) is 2.31. The molecule has 2 unspecified atom stereocenters. The highest BCUT2D eigenvalue weighted by Crippen LogP contribution is 2.32. The number of rotatable bonds is 3. The molecule has 0 amide bonds. The first kappa shape index (κ1) is 20.1. The molecule has 1 aliphatic heterocycles. The normalized spacial score (nSPS) is 22.4. The van der Waals surface area contributed by atoms with Crippen LogP contribution in [-0.4, -0.2) is 45.7 Å². The lowest BCUT2D eigenvalue weighted by Gasteiger charge is -2.35. The van der Waals surface area contributed by atoms with E-state index in [1.165, 1.54) is 6.26 Å². The van der Waals surface area contributed by atoms with Crippen LogP contribution in [0.2, 0.25) is 0 Å². The molecule has 0 bridgehead atoms. The van der Waals surface area contributed by atoms with Gasteiger partial charge in [0.05, 0.1) is 11.8 Å². The van der Waals surface area contributed by atoms with Crippen molar-refractivity contribution >= 4 is 21.2 Å². The zero-order valence-electron chi connectivity index (χ0n) is 17.1. The van der Waals surface area contributed by atoms with Crippen LogP contribution in [0.25, 0.3) is 11.2 Å². The van der Waals surface area contributed by atoms with Gasteiger partial charge in [-0.3, -0.25) is 9.13 Å². The molecule has 2 aromatic rings. The van der Waals surface area contributed by atoms with Crippen molar-refractivity contribution in [3.63, 3.8) is 0 Å². The number of aryl methyl sites for hydroxylation is 1. The molecule has 27 heavy (non-hydrogen) atoms. The van der Waals surface area contributed by atoms with Gasteiger partial charge in [-0.2, -0.15) is 4.31 Å². The second kappa shape index (κ2) is 6.74. The van der Waals surface area contributed by atoms with Gasteiger partial charge in [0.2, 0.25) is 10.0 Å². The quantitative estimate of drug-likeness (QED) is 0.800. The Kier molecular flexibility index (Phi) is 5.01. The minimum absolute atomic E-state index is 0.00924. The average molecular weight is 395 g/mol. The number of aromatic nitrogens is 3. The zero-order valence-corrected chi connectivity index (χ0v) is 17.9. The number of pyridine rings is 1. The Morgan fingerprint density at radius 2 is 1.93 bits per heavy atom. The minimum Gasteiger partial charge on any atom is -0.290 e. The fourth-order valence-corrected chi connectivity index (χ4v) is 5.23. The van der Waals surface area contributed by atoms with Crippen LogP contribution in [0.1, 0.15) is 52.1 Å². The van der Waals surface area contributed by atoms with Crippen molar-refractivity contribution in [2.24, 2.45) is 12.5 Å². The number of hydrogen-bond acceptors (Lipinski definition) is 4. The Balaban J connectivity index is 1.94. The maximum atomic E-state index is 12.7. The molecule has 0 saturated carbocycles. The highest BCUT2D eigenvalue weighted by molar-refractivity contribution is 7.88. The molecule has 3 heterocycles. The topological polar surface area (TPSA) is 77.2 Å². The number of fused-ring (bicyclic) bond motifs is 1. The predicted molar refractivity (Wildman–Crippen MR) is 107 cm³/mol. The SMILES string of the molecule is CC1CC(c2ccc3c(n2)n(C)c(=O)n3CC(C)(C)C)CCN1S(C)(=O)=O. The van der Waals surface area contributed by atoms with Crippen molar-refractivity contribution in [2.75, 3.05) is 12.8 Å². The smallest absolute Gasteiger partial charge is 0.290 e. The Hall–Kier alpha value is -1.67. The van der Waals surface area contributed by atoms with Crippen molar-refractivity contribution < 1.29 is 8.42 Å². The van der Waals surface area contributed by atoms with E-state index in [1.807, 2.05) is 19.1 Å². The van der Waals surface area contributed by atoms with Crippen LogP contribution >= 0.6 is 0 Å². The summed E-state index contributed by atoms with van der Waals surface area (Å²) in [5, 5.41) is 0. The van der Waals surface area contributed by atoms with Gasteiger partial charge in [-0.25, -0.2) is 18.2 Å². The van der Waals surface area contributed by atoms with Gasteiger partial charge in [0.25, 0.3) is 0 Å². The molecule has 2 aromatic heterocycles. The fraction of sp³-hybridized carbons (Fsp3) is 0.684. The van der Waals surface area contributed by atoms with Crippen molar-refractivity contribution in [1.82, 2.24) is 18.4 Å². The van der Waals surface area contributed by atoms with Crippen molar-refractivity contribution in [1.29, 1.82) is 0 Å². The van der Waals surface area contributed by atoms with E-state index in [0.29, 0.717) is 18.7 Å². The summed E-state index contributed by atoms with van der Waals surface area (Å²) in [6.45, 7) is 9.41. The zero-order chi connectivity index (χ0) is 20.1. The molecule has 0 aliphatic carbocycles. The van der Waals surface area contributed by atoms with E-state index in [2.05, 4.69) is 20.8 Å². The van der Waals surface area contributed by atoms with E-state index in [4.69, 9.17) is 4.98 Å². The van der Waals surface area contributed by atoms with Crippen LogP contribution in [0.3, 0.4) is 0 Å². The molecular weight excluding hydrogens is 364 g/mol. The molecular formula is C19H30N4O3S. The second-order valence-corrected chi connectivity index (χ2v) is 10.9. The molecule has 2 atom stereocenters. The summed E-state index contributed by atoms with van der Waals surface area (Å²) >= 11 is 0. The van der Waals surface area contributed by atoms with Gasteiger partial charge in [0, 0.05) is 37.8 Å². The van der Waals surface area contributed by atoms with E-state index < -0.39 is 10.0 Å². The number of nitrogens with zero attached hydrogens (tertiary/aromatic N) is 4. The van der Waals surface area contributed by atoms with Crippen LogP contribution in [0.15, 0.2) is 16.9 Å². The van der Waals surface area contributed by atoms with Gasteiger partial charge < -0.3 is 0 Å². The first-order valence-corrected chi connectivity index (χ1v) is 11.3. The Labute approximate surface area is 161 Å².